The molecule has 1 atom stereocenters. The first-order chi connectivity index (χ1) is 13.1. The zero-order chi connectivity index (χ0) is 19.2. The van der Waals surface area contributed by atoms with Gasteiger partial charge in [0.25, 0.3) is 0 Å². The zero-order valence-corrected chi connectivity index (χ0v) is 14.6. The lowest BCUT2D eigenvalue weighted by Crippen LogP contribution is -2.37. The van der Waals surface area contributed by atoms with E-state index >= 15 is 0 Å². The summed E-state index contributed by atoms with van der Waals surface area (Å²) >= 11 is 0. The summed E-state index contributed by atoms with van der Waals surface area (Å²) in [5, 5.41) is 34.7. The van der Waals surface area contributed by atoms with E-state index in [0.717, 1.165) is 17.7 Å². The number of aromatic hydroxyl groups is 1. The van der Waals surface area contributed by atoms with E-state index in [-0.39, 0.29) is 18.2 Å². The van der Waals surface area contributed by atoms with Crippen molar-refractivity contribution >= 4 is 11.9 Å². The highest BCUT2D eigenvalue weighted by molar-refractivity contribution is 5.81. The lowest BCUT2D eigenvalue weighted by Gasteiger charge is -2.22. The summed E-state index contributed by atoms with van der Waals surface area (Å²) in [5.74, 6) is -0.119. The summed E-state index contributed by atoms with van der Waals surface area (Å²) in [5.41, 5.74) is 2.61. The molecule has 7 nitrogen and oxygen atoms in total. The van der Waals surface area contributed by atoms with E-state index in [9.17, 15) is 20.3 Å². The molecule has 2 aromatic carbocycles. The summed E-state index contributed by atoms with van der Waals surface area (Å²) in [4.78, 5) is 15.6. The molecular formula is C20H20N4O3. The number of phenols is 1. The zero-order valence-electron chi connectivity index (χ0n) is 14.6. The maximum Gasteiger partial charge on any atom is 0.307 e. The van der Waals surface area contributed by atoms with E-state index in [1.807, 2.05) is 18.2 Å². The Bertz CT molecular complexity index is 900. The van der Waals surface area contributed by atoms with Gasteiger partial charge in [0.2, 0.25) is 0 Å². The molecule has 0 spiro atoms. The second-order valence-corrected chi connectivity index (χ2v) is 6.28. The molecule has 138 valence electrons. The average Bonchev–Trinajstić information content (AvgIpc) is 3.16. The number of aliphatic imine (C=N–C) groups is 1. The molecule has 2 aromatic rings. The van der Waals surface area contributed by atoms with E-state index in [0.29, 0.717) is 30.1 Å². The SMILES string of the molecule is N#Cc1cccc(CC(NC2=NCCN2)c2ccc(O)cc2)c1CC(=O)O. The number of guanidine groups is 1. The van der Waals surface area contributed by atoms with Gasteiger partial charge in [-0.1, -0.05) is 24.3 Å². The van der Waals surface area contributed by atoms with Crippen molar-refractivity contribution < 1.29 is 15.0 Å². The summed E-state index contributed by atoms with van der Waals surface area (Å²) in [7, 11) is 0. The van der Waals surface area contributed by atoms with E-state index in [1.165, 1.54) is 0 Å². The molecule has 1 heterocycles. The molecule has 0 amide bonds. The highest BCUT2D eigenvalue weighted by atomic mass is 16.4. The molecule has 0 radical (unpaired) electrons. The molecule has 0 fully saturated rings. The number of rotatable bonds is 6. The van der Waals surface area contributed by atoms with Crippen molar-refractivity contribution in [2.75, 3.05) is 13.1 Å². The van der Waals surface area contributed by atoms with Crippen molar-refractivity contribution in [3.8, 4) is 11.8 Å². The predicted molar refractivity (Wildman–Crippen MR) is 100 cm³/mol. The molecule has 1 aliphatic rings. The highest BCUT2D eigenvalue weighted by Crippen LogP contribution is 2.25. The number of carbonyl (C=O) groups is 1. The van der Waals surface area contributed by atoms with Crippen molar-refractivity contribution in [1.82, 2.24) is 10.6 Å². The number of carboxylic acid groups (broad SMARTS) is 1. The standard InChI is InChI=1S/C20H20N4O3/c21-12-15-3-1-2-14(17(15)11-19(26)27)10-18(24-20-22-8-9-23-20)13-4-6-16(25)7-5-13/h1-7,18,25H,8-11H2,(H,26,27)(H2,22,23,24). The minimum absolute atomic E-state index is 0.173. The largest absolute Gasteiger partial charge is 0.508 e. The molecular weight excluding hydrogens is 344 g/mol. The van der Waals surface area contributed by atoms with Gasteiger partial charge >= 0.3 is 5.97 Å². The van der Waals surface area contributed by atoms with Crippen LogP contribution in [0.15, 0.2) is 47.5 Å². The second-order valence-electron chi connectivity index (χ2n) is 6.28. The maximum atomic E-state index is 11.3. The van der Waals surface area contributed by atoms with Gasteiger partial charge in [-0.05, 0) is 41.3 Å². The van der Waals surface area contributed by atoms with E-state index < -0.39 is 5.97 Å². The summed E-state index contributed by atoms with van der Waals surface area (Å²) in [6.45, 7) is 1.46. The lowest BCUT2D eigenvalue weighted by atomic mass is 9.91. The van der Waals surface area contributed by atoms with Gasteiger partial charge in [-0.3, -0.25) is 9.79 Å². The Morgan fingerprint density at radius 2 is 2.07 bits per heavy atom. The first-order valence-corrected chi connectivity index (χ1v) is 8.63. The molecule has 0 saturated carbocycles. The maximum absolute atomic E-state index is 11.3. The van der Waals surface area contributed by atoms with Crippen molar-refractivity contribution in [1.29, 1.82) is 5.26 Å². The first kappa shape index (κ1) is 18.3. The van der Waals surface area contributed by atoms with Gasteiger partial charge in [0.15, 0.2) is 5.96 Å². The molecule has 0 aromatic heterocycles. The number of nitrogens with one attached hydrogen (secondary N) is 2. The van der Waals surface area contributed by atoms with Crippen molar-refractivity contribution in [2.45, 2.75) is 18.9 Å². The Morgan fingerprint density at radius 3 is 2.70 bits per heavy atom. The van der Waals surface area contributed by atoms with Crippen LogP contribution in [0.25, 0.3) is 0 Å². The van der Waals surface area contributed by atoms with E-state index in [4.69, 9.17) is 0 Å². The Balaban J connectivity index is 1.95. The van der Waals surface area contributed by atoms with Gasteiger partial charge in [-0.15, -0.1) is 0 Å². The smallest absolute Gasteiger partial charge is 0.307 e. The second kappa shape index (κ2) is 8.23. The van der Waals surface area contributed by atoms with Crippen LogP contribution in [0.4, 0.5) is 0 Å². The normalized spacial score (nSPS) is 14.0. The van der Waals surface area contributed by atoms with Crippen LogP contribution in [0.3, 0.4) is 0 Å². The van der Waals surface area contributed by atoms with Crippen LogP contribution in [-0.2, 0) is 17.6 Å². The molecule has 1 unspecified atom stereocenters. The van der Waals surface area contributed by atoms with Gasteiger partial charge in [-0.25, -0.2) is 0 Å². The molecule has 3 rings (SSSR count). The Kier molecular flexibility index (Phi) is 5.57. The topological polar surface area (TPSA) is 118 Å². The molecule has 27 heavy (non-hydrogen) atoms. The number of phenolic OH excluding ortho intramolecular Hbond substituents is 1. The Hall–Kier alpha value is -3.53. The molecule has 4 N–H and O–H groups in total. The van der Waals surface area contributed by atoms with Crippen molar-refractivity contribution in [2.24, 2.45) is 4.99 Å². The third kappa shape index (κ3) is 4.55. The fourth-order valence-electron chi connectivity index (χ4n) is 3.13. The molecule has 1 aliphatic heterocycles. The quantitative estimate of drug-likeness (QED) is 0.620. The minimum Gasteiger partial charge on any atom is -0.508 e. The third-order valence-electron chi connectivity index (χ3n) is 4.43. The van der Waals surface area contributed by atoms with Crippen LogP contribution in [-0.4, -0.2) is 35.2 Å². The monoisotopic (exact) mass is 364 g/mol. The number of aliphatic carboxylic acids is 1. The van der Waals surface area contributed by atoms with Gasteiger partial charge in [-0.2, -0.15) is 5.26 Å². The average molecular weight is 364 g/mol. The van der Waals surface area contributed by atoms with Gasteiger partial charge < -0.3 is 20.8 Å². The first-order valence-electron chi connectivity index (χ1n) is 8.63. The van der Waals surface area contributed by atoms with Crippen LogP contribution in [0.1, 0.15) is 28.3 Å². The number of hydrogen-bond acceptors (Lipinski definition) is 6. The molecule has 0 saturated heterocycles. The number of nitrogens with zero attached hydrogens (tertiary/aromatic N) is 2. The van der Waals surface area contributed by atoms with E-state index in [2.05, 4.69) is 21.7 Å². The van der Waals surface area contributed by atoms with Crippen molar-refractivity contribution in [3.63, 3.8) is 0 Å². The molecule has 7 heteroatoms. The minimum atomic E-state index is -0.977. The molecule has 0 aliphatic carbocycles. The van der Waals surface area contributed by atoms with Crippen LogP contribution in [0, 0.1) is 11.3 Å². The Morgan fingerprint density at radius 1 is 1.30 bits per heavy atom. The third-order valence-corrected chi connectivity index (χ3v) is 4.43. The van der Waals surface area contributed by atoms with Crippen LogP contribution >= 0.6 is 0 Å². The number of carboxylic acids is 1. The van der Waals surface area contributed by atoms with Crippen LogP contribution in [0.2, 0.25) is 0 Å². The number of hydrogen-bond donors (Lipinski definition) is 4. The van der Waals surface area contributed by atoms with Gasteiger partial charge in [0.1, 0.15) is 5.75 Å². The number of benzene rings is 2. The fraction of sp³-hybridized carbons (Fsp3) is 0.250. The van der Waals surface area contributed by atoms with Crippen LogP contribution in [0.5, 0.6) is 5.75 Å². The van der Waals surface area contributed by atoms with Gasteiger partial charge in [0, 0.05) is 6.54 Å². The van der Waals surface area contributed by atoms with Gasteiger partial charge in [0.05, 0.1) is 30.6 Å². The van der Waals surface area contributed by atoms with Crippen LogP contribution < -0.4 is 10.6 Å². The summed E-state index contributed by atoms with van der Waals surface area (Å²) in [6.07, 6.45) is 0.268. The fourth-order valence-corrected chi connectivity index (χ4v) is 3.13. The van der Waals surface area contributed by atoms with Crippen molar-refractivity contribution in [3.05, 3.63) is 64.7 Å². The summed E-state index contributed by atoms with van der Waals surface area (Å²) < 4.78 is 0. The highest BCUT2D eigenvalue weighted by Gasteiger charge is 2.20. The number of nitriles is 1. The molecule has 0 bridgehead atoms. The summed E-state index contributed by atoms with van der Waals surface area (Å²) in [6, 6.07) is 14.0. The lowest BCUT2D eigenvalue weighted by molar-refractivity contribution is -0.136. The van der Waals surface area contributed by atoms with E-state index in [1.54, 1.807) is 24.3 Å². The Labute approximate surface area is 157 Å². The predicted octanol–water partition coefficient (Wildman–Crippen LogP) is 1.72.